The molecule has 0 spiro atoms. The normalized spacial score (nSPS) is 14.3. The fourth-order valence-corrected chi connectivity index (χ4v) is 1.20. The first-order chi connectivity index (χ1) is 8.36. The molecule has 1 amide bonds. The lowest BCUT2D eigenvalue weighted by atomic mass is 9.95. The Bertz CT molecular complexity index is 269. The Hall–Kier alpha value is -1.14. The lowest BCUT2D eigenvalue weighted by Gasteiger charge is -2.16. The minimum Gasteiger partial charge on any atom is -0.481 e. The Kier molecular flexibility index (Phi) is 8.32. The van der Waals surface area contributed by atoms with Crippen LogP contribution in [-0.2, 0) is 14.3 Å². The Balaban J connectivity index is 3.67. The molecule has 0 aliphatic rings. The Morgan fingerprint density at radius 3 is 2.33 bits per heavy atom. The van der Waals surface area contributed by atoms with Crippen LogP contribution in [0.3, 0.4) is 0 Å². The number of carboxylic acids is 1. The zero-order valence-electron chi connectivity index (χ0n) is 11.6. The maximum atomic E-state index is 11.6. The van der Waals surface area contributed by atoms with Crippen molar-refractivity contribution in [1.82, 2.24) is 10.2 Å². The summed E-state index contributed by atoms with van der Waals surface area (Å²) in [7, 11) is 3.92. The Morgan fingerprint density at radius 1 is 1.22 bits per heavy atom. The molecule has 6 heteroatoms. The second-order valence-corrected chi connectivity index (χ2v) is 4.62. The summed E-state index contributed by atoms with van der Waals surface area (Å²) in [5.41, 5.74) is 0. The van der Waals surface area contributed by atoms with Crippen LogP contribution in [0.15, 0.2) is 0 Å². The second kappa shape index (κ2) is 8.88. The zero-order chi connectivity index (χ0) is 14.1. The maximum Gasteiger partial charge on any atom is 0.307 e. The molecule has 0 rings (SSSR count). The summed E-state index contributed by atoms with van der Waals surface area (Å²) in [4.78, 5) is 24.3. The van der Waals surface area contributed by atoms with Gasteiger partial charge in [-0.1, -0.05) is 13.8 Å². The molecule has 2 atom stereocenters. The van der Waals surface area contributed by atoms with E-state index in [2.05, 4.69) is 5.32 Å². The number of nitrogens with one attached hydrogen (secondary N) is 1. The molecular formula is C12H24N2O4. The smallest absolute Gasteiger partial charge is 0.307 e. The monoisotopic (exact) mass is 260 g/mol. The van der Waals surface area contributed by atoms with Gasteiger partial charge in [0.2, 0.25) is 5.91 Å². The van der Waals surface area contributed by atoms with Crippen molar-refractivity contribution in [3.63, 3.8) is 0 Å². The number of likely N-dealkylation sites (N-methyl/N-ethyl adjacent to an activating group) is 1. The molecule has 0 bridgehead atoms. The van der Waals surface area contributed by atoms with Crippen LogP contribution in [0, 0.1) is 11.8 Å². The van der Waals surface area contributed by atoms with Crippen molar-refractivity contribution >= 4 is 11.9 Å². The molecular weight excluding hydrogens is 236 g/mol. The first-order valence-corrected chi connectivity index (χ1v) is 6.09. The standard InChI is InChI=1S/C12H24N2O4/c1-9(10(2)12(16)17)11(15)13-5-7-18-8-6-14(3)4/h9-10H,5-8H2,1-4H3,(H,13,15)(H,16,17). The summed E-state index contributed by atoms with van der Waals surface area (Å²) in [6.07, 6.45) is 0. The van der Waals surface area contributed by atoms with Gasteiger partial charge in [0.15, 0.2) is 0 Å². The van der Waals surface area contributed by atoms with Gasteiger partial charge in [-0.25, -0.2) is 0 Å². The number of rotatable bonds is 9. The Labute approximate surface area is 108 Å². The Morgan fingerprint density at radius 2 is 1.83 bits per heavy atom. The lowest BCUT2D eigenvalue weighted by Crippen LogP contribution is -2.37. The quantitative estimate of drug-likeness (QED) is 0.572. The predicted molar refractivity (Wildman–Crippen MR) is 68.3 cm³/mol. The van der Waals surface area contributed by atoms with E-state index >= 15 is 0 Å². The van der Waals surface area contributed by atoms with Crippen molar-refractivity contribution < 1.29 is 19.4 Å². The van der Waals surface area contributed by atoms with Crippen LogP contribution in [0.4, 0.5) is 0 Å². The van der Waals surface area contributed by atoms with Gasteiger partial charge in [0.1, 0.15) is 0 Å². The van der Waals surface area contributed by atoms with Gasteiger partial charge in [0.25, 0.3) is 0 Å². The maximum absolute atomic E-state index is 11.6. The van der Waals surface area contributed by atoms with Crippen LogP contribution in [0.25, 0.3) is 0 Å². The van der Waals surface area contributed by atoms with E-state index in [0.29, 0.717) is 19.8 Å². The highest BCUT2D eigenvalue weighted by Gasteiger charge is 2.25. The number of carboxylic acid groups (broad SMARTS) is 1. The molecule has 2 unspecified atom stereocenters. The molecule has 0 saturated carbocycles. The van der Waals surface area contributed by atoms with Crippen molar-refractivity contribution in [2.24, 2.45) is 11.8 Å². The predicted octanol–water partition coefficient (Wildman–Crippen LogP) is 0.0376. The van der Waals surface area contributed by atoms with Gasteiger partial charge < -0.3 is 20.1 Å². The summed E-state index contributed by atoms with van der Waals surface area (Å²) < 4.78 is 5.31. The van der Waals surface area contributed by atoms with Gasteiger partial charge in [0.05, 0.1) is 19.1 Å². The van der Waals surface area contributed by atoms with E-state index in [-0.39, 0.29) is 5.91 Å². The van der Waals surface area contributed by atoms with Crippen LogP contribution in [0.5, 0.6) is 0 Å². The summed E-state index contributed by atoms with van der Waals surface area (Å²) in [6, 6.07) is 0. The van der Waals surface area contributed by atoms with Gasteiger partial charge in [-0.3, -0.25) is 9.59 Å². The van der Waals surface area contributed by atoms with E-state index < -0.39 is 17.8 Å². The van der Waals surface area contributed by atoms with Crippen molar-refractivity contribution in [3.05, 3.63) is 0 Å². The molecule has 0 heterocycles. The molecule has 0 aromatic rings. The molecule has 0 saturated heterocycles. The minimum absolute atomic E-state index is 0.249. The van der Waals surface area contributed by atoms with E-state index in [0.717, 1.165) is 6.54 Å². The highest BCUT2D eigenvalue weighted by Crippen LogP contribution is 2.10. The summed E-state index contributed by atoms with van der Waals surface area (Å²) in [5, 5.41) is 11.5. The molecule has 18 heavy (non-hydrogen) atoms. The van der Waals surface area contributed by atoms with Crippen LogP contribution >= 0.6 is 0 Å². The van der Waals surface area contributed by atoms with E-state index in [9.17, 15) is 9.59 Å². The summed E-state index contributed by atoms with van der Waals surface area (Å²) >= 11 is 0. The first kappa shape index (κ1) is 16.9. The van der Waals surface area contributed by atoms with E-state index in [1.54, 1.807) is 6.92 Å². The highest BCUT2D eigenvalue weighted by molar-refractivity contribution is 5.84. The lowest BCUT2D eigenvalue weighted by molar-refractivity contribution is -0.146. The van der Waals surface area contributed by atoms with Crippen molar-refractivity contribution in [1.29, 1.82) is 0 Å². The third-order valence-corrected chi connectivity index (χ3v) is 2.78. The third kappa shape index (κ3) is 7.24. The van der Waals surface area contributed by atoms with Crippen molar-refractivity contribution in [2.75, 3.05) is 40.4 Å². The largest absolute Gasteiger partial charge is 0.481 e. The molecule has 0 aliphatic carbocycles. The van der Waals surface area contributed by atoms with Gasteiger partial charge >= 0.3 is 5.97 Å². The molecule has 0 aromatic carbocycles. The molecule has 0 radical (unpaired) electrons. The molecule has 0 fully saturated rings. The van der Waals surface area contributed by atoms with Gasteiger partial charge in [-0.15, -0.1) is 0 Å². The van der Waals surface area contributed by atoms with Crippen LogP contribution in [-0.4, -0.2) is 62.3 Å². The average Bonchev–Trinajstić information content (AvgIpc) is 2.30. The summed E-state index contributed by atoms with van der Waals surface area (Å²) in [5.74, 6) is -2.43. The van der Waals surface area contributed by atoms with Crippen molar-refractivity contribution in [2.45, 2.75) is 13.8 Å². The first-order valence-electron chi connectivity index (χ1n) is 6.09. The minimum atomic E-state index is -0.958. The number of carbonyl (C=O) groups is 2. The topological polar surface area (TPSA) is 78.9 Å². The SMILES string of the molecule is CC(C(=O)O)C(C)C(=O)NCCOCCN(C)C. The van der Waals surface area contributed by atoms with Gasteiger partial charge in [-0.2, -0.15) is 0 Å². The van der Waals surface area contributed by atoms with Crippen LogP contribution in [0.2, 0.25) is 0 Å². The summed E-state index contributed by atoms with van der Waals surface area (Å²) in [6.45, 7) is 5.43. The van der Waals surface area contributed by atoms with E-state index in [1.165, 1.54) is 6.92 Å². The number of hydrogen-bond acceptors (Lipinski definition) is 4. The van der Waals surface area contributed by atoms with Crippen LogP contribution in [0.1, 0.15) is 13.8 Å². The fraction of sp³-hybridized carbons (Fsp3) is 0.833. The van der Waals surface area contributed by atoms with E-state index in [1.807, 2.05) is 19.0 Å². The third-order valence-electron chi connectivity index (χ3n) is 2.78. The number of ether oxygens (including phenoxy) is 1. The second-order valence-electron chi connectivity index (χ2n) is 4.62. The van der Waals surface area contributed by atoms with Gasteiger partial charge in [0, 0.05) is 19.0 Å². The molecule has 106 valence electrons. The number of amides is 1. The average molecular weight is 260 g/mol. The highest BCUT2D eigenvalue weighted by atomic mass is 16.5. The zero-order valence-corrected chi connectivity index (χ0v) is 11.6. The molecule has 0 aliphatic heterocycles. The fourth-order valence-electron chi connectivity index (χ4n) is 1.20. The molecule has 0 aromatic heterocycles. The van der Waals surface area contributed by atoms with E-state index in [4.69, 9.17) is 9.84 Å². The number of hydrogen-bond donors (Lipinski definition) is 2. The number of nitrogens with zero attached hydrogens (tertiary/aromatic N) is 1. The number of aliphatic carboxylic acids is 1. The van der Waals surface area contributed by atoms with Crippen LogP contribution < -0.4 is 5.32 Å². The molecule has 6 nitrogen and oxygen atoms in total. The van der Waals surface area contributed by atoms with Crippen molar-refractivity contribution in [3.8, 4) is 0 Å². The van der Waals surface area contributed by atoms with Gasteiger partial charge in [-0.05, 0) is 14.1 Å². The number of carbonyl (C=O) groups excluding carboxylic acids is 1. The molecule has 2 N–H and O–H groups in total.